The molecule has 18 heavy (non-hydrogen) atoms. The first kappa shape index (κ1) is 11.1. The smallest absolute Gasteiger partial charge is 0.366 e. The van der Waals surface area contributed by atoms with Gasteiger partial charge in [0.2, 0.25) is 0 Å². The third-order valence-electron chi connectivity index (χ3n) is 2.80. The molecule has 1 aliphatic heterocycles. The van der Waals surface area contributed by atoms with Gasteiger partial charge in [0.15, 0.2) is 5.69 Å². The first-order valence-electron chi connectivity index (χ1n) is 5.55. The lowest BCUT2D eigenvalue weighted by Crippen LogP contribution is -1.99. The number of thiazole rings is 1. The largest absolute Gasteiger partial charge is 0.384 e. The van der Waals surface area contributed by atoms with E-state index < -0.39 is 11.9 Å². The van der Waals surface area contributed by atoms with Crippen molar-refractivity contribution in [2.45, 2.75) is 13.3 Å². The Kier molecular flexibility index (Phi) is 2.48. The summed E-state index contributed by atoms with van der Waals surface area (Å²) in [4.78, 5) is 27.1. The van der Waals surface area contributed by atoms with Crippen LogP contribution in [0.1, 0.15) is 32.6 Å². The molecule has 0 radical (unpaired) electrons. The lowest BCUT2D eigenvalue weighted by molar-refractivity contribution is 0.0443. The van der Waals surface area contributed by atoms with Crippen molar-refractivity contribution < 1.29 is 14.3 Å². The average molecular weight is 259 g/mol. The highest BCUT2D eigenvalue weighted by molar-refractivity contribution is 7.17. The van der Waals surface area contributed by atoms with E-state index in [4.69, 9.17) is 0 Å². The first-order chi connectivity index (χ1) is 8.69. The van der Waals surface area contributed by atoms with Crippen LogP contribution in [0, 0.1) is 0 Å². The zero-order valence-corrected chi connectivity index (χ0v) is 10.4. The van der Waals surface area contributed by atoms with Crippen LogP contribution in [0.3, 0.4) is 0 Å². The fourth-order valence-electron chi connectivity index (χ4n) is 1.78. The SMILES string of the molecule is CCc1ccc(-c2nc3c(s2)C(=O)OC3=O)cc1. The molecule has 0 atom stereocenters. The number of cyclic esters (lactones) is 2. The Bertz CT molecular complexity index is 611. The predicted octanol–water partition coefficient (Wildman–Crippen LogP) is 2.68. The Morgan fingerprint density at radius 1 is 1.17 bits per heavy atom. The summed E-state index contributed by atoms with van der Waals surface area (Å²) in [5, 5.41) is 0.674. The van der Waals surface area contributed by atoms with Crippen molar-refractivity contribution in [2.75, 3.05) is 0 Å². The highest BCUT2D eigenvalue weighted by Crippen LogP contribution is 2.32. The number of benzene rings is 1. The van der Waals surface area contributed by atoms with Crippen molar-refractivity contribution >= 4 is 23.3 Å². The van der Waals surface area contributed by atoms with Gasteiger partial charge in [0.25, 0.3) is 0 Å². The van der Waals surface area contributed by atoms with Crippen molar-refractivity contribution in [3.8, 4) is 10.6 Å². The van der Waals surface area contributed by atoms with E-state index in [1.807, 2.05) is 24.3 Å². The van der Waals surface area contributed by atoms with E-state index in [0.717, 1.165) is 12.0 Å². The van der Waals surface area contributed by atoms with Crippen LogP contribution >= 0.6 is 11.3 Å². The van der Waals surface area contributed by atoms with Gasteiger partial charge in [-0.25, -0.2) is 14.6 Å². The maximum Gasteiger partial charge on any atom is 0.366 e. The topological polar surface area (TPSA) is 56.3 Å². The second-order valence-corrected chi connectivity index (χ2v) is 4.92. The summed E-state index contributed by atoms with van der Waals surface area (Å²) in [6.45, 7) is 2.08. The number of hydrogen-bond donors (Lipinski definition) is 0. The van der Waals surface area contributed by atoms with Crippen LogP contribution in [0.5, 0.6) is 0 Å². The van der Waals surface area contributed by atoms with Crippen LogP contribution in [0.4, 0.5) is 0 Å². The number of ether oxygens (including phenoxy) is 1. The molecule has 1 aliphatic rings. The van der Waals surface area contributed by atoms with Gasteiger partial charge in [-0.15, -0.1) is 11.3 Å². The van der Waals surface area contributed by atoms with Crippen LogP contribution in [0.2, 0.25) is 0 Å². The molecule has 0 bridgehead atoms. The van der Waals surface area contributed by atoms with Crippen LogP contribution in [-0.2, 0) is 11.2 Å². The molecule has 4 nitrogen and oxygen atoms in total. The molecule has 0 unspecified atom stereocenters. The van der Waals surface area contributed by atoms with E-state index in [1.165, 1.54) is 16.9 Å². The molecular formula is C13H9NO3S. The van der Waals surface area contributed by atoms with E-state index in [0.29, 0.717) is 9.88 Å². The zero-order chi connectivity index (χ0) is 12.7. The van der Waals surface area contributed by atoms with Crippen LogP contribution in [0.15, 0.2) is 24.3 Å². The van der Waals surface area contributed by atoms with Gasteiger partial charge in [-0.1, -0.05) is 31.2 Å². The zero-order valence-electron chi connectivity index (χ0n) is 9.60. The minimum atomic E-state index is -0.650. The standard InChI is InChI=1S/C13H9NO3S/c1-2-7-3-5-8(6-4-7)11-14-9-10(18-11)13(16)17-12(9)15/h3-6H,2H2,1H3. The van der Waals surface area contributed by atoms with E-state index in [-0.39, 0.29) is 5.69 Å². The maximum absolute atomic E-state index is 11.3. The van der Waals surface area contributed by atoms with Crippen LogP contribution in [-0.4, -0.2) is 16.9 Å². The molecule has 3 rings (SSSR count). The Morgan fingerprint density at radius 3 is 2.50 bits per heavy atom. The molecule has 0 spiro atoms. The van der Waals surface area contributed by atoms with Gasteiger partial charge in [0.1, 0.15) is 9.88 Å². The van der Waals surface area contributed by atoms with Crippen molar-refractivity contribution in [1.82, 2.24) is 4.98 Å². The van der Waals surface area contributed by atoms with Gasteiger partial charge in [0.05, 0.1) is 0 Å². The van der Waals surface area contributed by atoms with Crippen molar-refractivity contribution in [3.63, 3.8) is 0 Å². The van der Waals surface area contributed by atoms with E-state index >= 15 is 0 Å². The summed E-state index contributed by atoms with van der Waals surface area (Å²) in [5.74, 6) is -1.24. The Balaban J connectivity index is 2.03. The molecule has 0 saturated heterocycles. The molecule has 5 heteroatoms. The summed E-state index contributed by atoms with van der Waals surface area (Å²) in [6, 6.07) is 7.93. The summed E-state index contributed by atoms with van der Waals surface area (Å²) >= 11 is 1.19. The number of rotatable bonds is 2. The normalized spacial score (nSPS) is 13.6. The minimum absolute atomic E-state index is 0.138. The molecular weight excluding hydrogens is 250 g/mol. The molecule has 1 aromatic carbocycles. The maximum atomic E-state index is 11.3. The molecule has 2 heterocycles. The Labute approximate surface area is 107 Å². The quantitative estimate of drug-likeness (QED) is 0.614. The number of carbonyl (C=O) groups is 2. The van der Waals surface area contributed by atoms with Crippen molar-refractivity contribution in [1.29, 1.82) is 0 Å². The van der Waals surface area contributed by atoms with Gasteiger partial charge >= 0.3 is 11.9 Å². The highest BCUT2D eigenvalue weighted by atomic mass is 32.1. The van der Waals surface area contributed by atoms with Crippen LogP contribution < -0.4 is 0 Å². The first-order valence-corrected chi connectivity index (χ1v) is 6.37. The lowest BCUT2D eigenvalue weighted by atomic mass is 10.1. The number of carbonyl (C=O) groups excluding carboxylic acids is 2. The van der Waals surface area contributed by atoms with Crippen LogP contribution in [0.25, 0.3) is 10.6 Å². The fraction of sp³-hybridized carbons (Fsp3) is 0.154. The van der Waals surface area contributed by atoms with Gasteiger partial charge in [-0.05, 0) is 12.0 Å². The third-order valence-corrected chi connectivity index (χ3v) is 3.88. The second-order valence-electron chi connectivity index (χ2n) is 3.92. The summed E-state index contributed by atoms with van der Waals surface area (Å²) in [7, 11) is 0. The second kappa shape index (κ2) is 4.03. The molecule has 0 saturated carbocycles. The summed E-state index contributed by atoms with van der Waals surface area (Å²) < 4.78 is 4.47. The lowest BCUT2D eigenvalue weighted by Gasteiger charge is -1.99. The van der Waals surface area contributed by atoms with Crippen molar-refractivity contribution in [2.24, 2.45) is 0 Å². The Morgan fingerprint density at radius 2 is 1.89 bits per heavy atom. The number of esters is 2. The number of nitrogens with zero attached hydrogens (tertiary/aromatic N) is 1. The molecule has 2 aromatic rings. The fourth-order valence-corrected chi connectivity index (χ4v) is 2.72. The van der Waals surface area contributed by atoms with E-state index in [2.05, 4.69) is 16.6 Å². The van der Waals surface area contributed by atoms with Gasteiger partial charge in [0, 0.05) is 5.56 Å². The molecule has 0 N–H and O–H groups in total. The van der Waals surface area contributed by atoms with E-state index in [9.17, 15) is 9.59 Å². The molecule has 0 amide bonds. The predicted molar refractivity (Wildman–Crippen MR) is 66.7 cm³/mol. The molecule has 0 fully saturated rings. The Hall–Kier alpha value is -2.01. The van der Waals surface area contributed by atoms with Crippen molar-refractivity contribution in [3.05, 3.63) is 40.4 Å². The van der Waals surface area contributed by atoms with Gasteiger partial charge < -0.3 is 4.74 Å². The average Bonchev–Trinajstić information content (AvgIpc) is 2.93. The van der Waals surface area contributed by atoms with Gasteiger partial charge in [-0.3, -0.25) is 0 Å². The monoisotopic (exact) mass is 259 g/mol. The van der Waals surface area contributed by atoms with E-state index in [1.54, 1.807) is 0 Å². The molecule has 1 aromatic heterocycles. The number of hydrogen-bond acceptors (Lipinski definition) is 5. The third kappa shape index (κ3) is 1.64. The van der Waals surface area contributed by atoms with Gasteiger partial charge in [-0.2, -0.15) is 0 Å². The molecule has 0 aliphatic carbocycles. The summed E-state index contributed by atoms with van der Waals surface area (Å²) in [6.07, 6.45) is 0.972. The minimum Gasteiger partial charge on any atom is -0.384 e. The number of aromatic nitrogens is 1. The summed E-state index contributed by atoms with van der Waals surface area (Å²) in [5.41, 5.74) is 2.28. The number of aryl methyl sites for hydroxylation is 1. The number of fused-ring (bicyclic) bond motifs is 1. The molecule has 90 valence electrons. The highest BCUT2D eigenvalue weighted by Gasteiger charge is 2.34.